The fourth-order valence-corrected chi connectivity index (χ4v) is 3.58. The summed E-state index contributed by atoms with van der Waals surface area (Å²) in [5.74, 6) is -1.18. The third kappa shape index (κ3) is 3.96. The highest BCUT2D eigenvalue weighted by molar-refractivity contribution is 6.06. The van der Waals surface area contributed by atoms with Crippen molar-refractivity contribution in [3.8, 4) is 0 Å². The van der Waals surface area contributed by atoms with Gasteiger partial charge in [-0.25, -0.2) is 9.59 Å². The van der Waals surface area contributed by atoms with Gasteiger partial charge in [0.25, 0.3) is 0 Å². The monoisotopic (exact) mass is 382 g/mol. The van der Waals surface area contributed by atoms with E-state index in [0.717, 1.165) is 42.9 Å². The molecule has 6 heteroatoms. The first-order chi connectivity index (χ1) is 13.6. The molecule has 2 heterocycles. The molecule has 0 aromatic heterocycles. The Bertz CT molecular complexity index is 848. The molecule has 0 unspecified atom stereocenters. The zero-order chi connectivity index (χ0) is 20.1. The van der Waals surface area contributed by atoms with Gasteiger partial charge in [-0.2, -0.15) is 0 Å². The van der Waals surface area contributed by atoms with Crippen LogP contribution in [0.5, 0.6) is 0 Å². The van der Waals surface area contributed by atoms with Crippen LogP contribution in [0, 0.1) is 6.92 Å². The molecular weight excluding hydrogens is 356 g/mol. The second kappa shape index (κ2) is 8.78. The lowest BCUT2D eigenvalue weighted by Crippen LogP contribution is -2.32. The van der Waals surface area contributed by atoms with E-state index in [-0.39, 0.29) is 11.3 Å². The third-order valence-corrected chi connectivity index (χ3v) is 4.98. The van der Waals surface area contributed by atoms with Crippen LogP contribution in [0.25, 0.3) is 0 Å². The molecule has 1 aromatic rings. The van der Waals surface area contributed by atoms with E-state index >= 15 is 0 Å². The zero-order valence-electron chi connectivity index (χ0n) is 16.6. The summed E-state index contributed by atoms with van der Waals surface area (Å²) in [6.45, 7) is 3.94. The first-order valence-electron chi connectivity index (χ1n) is 9.47. The van der Waals surface area contributed by atoms with Crippen LogP contribution in [0.4, 0.5) is 11.4 Å². The molecule has 2 aliphatic rings. The number of piperidine rings is 1. The molecule has 3 rings (SSSR count). The van der Waals surface area contributed by atoms with Gasteiger partial charge in [0, 0.05) is 19.3 Å². The number of ether oxygens (including phenoxy) is 2. The standard InChI is InChI=1S/C22H26N2O4/c1-16-10-11-18(23-12-6-4-7-13-23)19(15-16)24-14-8-5-9-17(21(25)27-2)20(24)22(26)28-3/h5,8-11,14-15H,4,6-7,12-13H2,1-3H3. The van der Waals surface area contributed by atoms with Crippen LogP contribution in [0.1, 0.15) is 24.8 Å². The van der Waals surface area contributed by atoms with Crippen molar-refractivity contribution in [2.45, 2.75) is 26.2 Å². The molecule has 0 saturated carbocycles. The van der Waals surface area contributed by atoms with Crippen LogP contribution in [0.2, 0.25) is 0 Å². The average molecular weight is 382 g/mol. The highest BCUT2D eigenvalue weighted by Crippen LogP contribution is 2.36. The molecule has 0 aliphatic carbocycles. The smallest absolute Gasteiger partial charge is 0.355 e. The van der Waals surface area contributed by atoms with Gasteiger partial charge in [0.1, 0.15) is 5.70 Å². The minimum Gasteiger partial charge on any atom is -0.465 e. The SMILES string of the molecule is COC(=O)C1=C(C(=O)OC)N(c2cc(C)ccc2N2CCCCC2)C=CC=C1. The van der Waals surface area contributed by atoms with Crippen molar-refractivity contribution in [1.82, 2.24) is 0 Å². The number of allylic oxidation sites excluding steroid dienone is 2. The summed E-state index contributed by atoms with van der Waals surface area (Å²) in [7, 11) is 2.61. The molecule has 0 amide bonds. The van der Waals surface area contributed by atoms with Crippen LogP contribution in [-0.4, -0.2) is 39.2 Å². The van der Waals surface area contributed by atoms with Gasteiger partial charge in [0.05, 0.1) is 31.2 Å². The van der Waals surface area contributed by atoms with E-state index in [2.05, 4.69) is 17.0 Å². The maximum absolute atomic E-state index is 12.7. The molecule has 0 radical (unpaired) electrons. The number of carbonyl (C=O) groups is 2. The lowest BCUT2D eigenvalue weighted by atomic mass is 10.1. The first-order valence-corrected chi connectivity index (χ1v) is 9.47. The van der Waals surface area contributed by atoms with E-state index in [1.807, 2.05) is 13.0 Å². The number of esters is 2. The predicted molar refractivity (Wildman–Crippen MR) is 109 cm³/mol. The summed E-state index contributed by atoms with van der Waals surface area (Å²) < 4.78 is 9.91. The molecule has 0 N–H and O–H groups in total. The minimum absolute atomic E-state index is 0.142. The van der Waals surface area contributed by atoms with Crippen LogP contribution in [-0.2, 0) is 19.1 Å². The summed E-state index contributed by atoms with van der Waals surface area (Å²) in [6, 6.07) is 6.17. The van der Waals surface area contributed by atoms with Crippen molar-refractivity contribution < 1.29 is 19.1 Å². The number of nitrogens with zero attached hydrogens (tertiary/aromatic N) is 2. The number of benzene rings is 1. The van der Waals surface area contributed by atoms with Crippen molar-refractivity contribution in [3.05, 3.63) is 59.5 Å². The summed E-state index contributed by atoms with van der Waals surface area (Å²) in [4.78, 5) is 29.1. The largest absolute Gasteiger partial charge is 0.465 e. The number of methoxy groups -OCH3 is 2. The second-order valence-corrected chi connectivity index (χ2v) is 6.86. The predicted octanol–water partition coefficient (Wildman–Crippen LogP) is 3.48. The number of hydrogen-bond donors (Lipinski definition) is 0. The first kappa shape index (κ1) is 19.7. The molecule has 0 spiro atoms. The Labute approximate surface area is 165 Å². The Kier molecular flexibility index (Phi) is 6.19. The van der Waals surface area contributed by atoms with E-state index in [9.17, 15) is 9.59 Å². The molecule has 2 aliphatic heterocycles. The van der Waals surface area contributed by atoms with Crippen molar-refractivity contribution in [3.63, 3.8) is 0 Å². The molecule has 1 saturated heterocycles. The van der Waals surface area contributed by atoms with Gasteiger partial charge in [0.2, 0.25) is 0 Å². The van der Waals surface area contributed by atoms with Gasteiger partial charge >= 0.3 is 11.9 Å². The molecule has 1 aromatic carbocycles. The fourth-order valence-electron chi connectivity index (χ4n) is 3.58. The maximum Gasteiger partial charge on any atom is 0.355 e. The van der Waals surface area contributed by atoms with Crippen LogP contribution in [0.3, 0.4) is 0 Å². The van der Waals surface area contributed by atoms with Crippen LogP contribution >= 0.6 is 0 Å². The summed E-state index contributed by atoms with van der Waals surface area (Å²) in [5, 5.41) is 0. The third-order valence-electron chi connectivity index (χ3n) is 4.98. The van der Waals surface area contributed by atoms with E-state index in [4.69, 9.17) is 9.47 Å². The Morgan fingerprint density at radius 1 is 0.929 bits per heavy atom. The highest BCUT2D eigenvalue weighted by Gasteiger charge is 2.29. The van der Waals surface area contributed by atoms with Gasteiger partial charge in [0.15, 0.2) is 0 Å². The van der Waals surface area contributed by atoms with Crippen molar-refractivity contribution in [2.75, 3.05) is 37.1 Å². The lowest BCUT2D eigenvalue weighted by Gasteiger charge is -2.34. The average Bonchev–Trinajstić information content (AvgIpc) is 2.96. The molecule has 0 bridgehead atoms. The lowest BCUT2D eigenvalue weighted by molar-refractivity contribution is -0.139. The normalized spacial score (nSPS) is 16.8. The number of anilines is 2. The molecule has 6 nitrogen and oxygen atoms in total. The number of carbonyl (C=O) groups excluding carboxylic acids is 2. The van der Waals surface area contributed by atoms with E-state index in [1.54, 1.807) is 29.3 Å². The zero-order valence-corrected chi connectivity index (χ0v) is 16.6. The van der Waals surface area contributed by atoms with E-state index < -0.39 is 11.9 Å². The summed E-state index contributed by atoms with van der Waals surface area (Å²) >= 11 is 0. The van der Waals surface area contributed by atoms with Crippen LogP contribution < -0.4 is 9.80 Å². The number of hydrogen-bond acceptors (Lipinski definition) is 6. The molecule has 1 fully saturated rings. The van der Waals surface area contributed by atoms with Crippen molar-refractivity contribution in [1.29, 1.82) is 0 Å². The number of rotatable bonds is 4. The Morgan fingerprint density at radius 3 is 2.32 bits per heavy atom. The summed E-state index contributed by atoms with van der Waals surface area (Å²) in [6.07, 6.45) is 10.4. The molecular formula is C22H26N2O4. The Morgan fingerprint density at radius 2 is 1.64 bits per heavy atom. The van der Waals surface area contributed by atoms with Gasteiger partial charge in [-0.15, -0.1) is 0 Å². The van der Waals surface area contributed by atoms with Crippen LogP contribution in [0.15, 0.2) is 53.9 Å². The van der Waals surface area contributed by atoms with E-state index in [0.29, 0.717) is 0 Å². The van der Waals surface area contributed by atoms with Crippen molar-refractivity contribution >= 4 is 23.3 Å². The molecule has 0 atom stereocenters. The highest BCUT2D eigenvalue weighted by atomic mass is 16.5. The number of aryl methyl sites for hydroxylation is 1. The maximum atomic E-state index is 12.7. The Balaban J connectivity index is 2.18. The quantitative estimate of drug-likeness (QED) is 0.743. The Hall–Kier alpha value is -3.02. The second-order valence-electron chi connectivity index (χ2n) is 6.86. The minimum atomic E-state index is -0.595. The fraction of sp³-hybridized carbons (Fsp3) is 0.364. The van der Waals surface area contributed by atoms with Gasteiger partial charge in [-0.3, -0.25) is 0 Å². The van der Waals surface area contributed by atoms with Crippen molar-refractivity contribution in [2.24, 2.45) is 0 Å². The van der Waals surface area contributed by atoms with Gasteiger partial charge in [-0.1, -0.05) is 12.1 Å². The van der Waals surface area contributed by atoms with Gasteiger partial charge < -0.3 is 19.3 Å². The molecule has 28 heavy (non-hydrogen) atoms. The van der Waals surface area contributed by atoms with E-state index in [1.165, 1.54) is 20.6 Å². The van der Waals surface area contributed by atoms with Gasteiger partial charge in [-0.05, 0) is 56.0 Å². The topological polar surface area (TPSA) is 59.1 Å². The summed E-state index contributed by atoms with van der Waals surface area (Å²) in [5.41, 5.74) is 3.23. The molecule has 148 valence electrons.